The van der Waals surface area contributed by atoms with E-state index >= 15 is 0 Å². The number of rotatable bonds is 5. The summed E-state index contributed by atoms with van der Waals surface area (Å²) in [5.41, 5.74) is 2.19. The molecule has 1 aliphatic rings. The van der Waals surface area contributed by atoms with Gasteiger partial charge in [-0.15, -0.1) is 11.3 Å². The van der Waals surface area contributed by atoms with Gasteiger partial charge in [0.15, 0.2) is 0 Å². The molecule has 0 aliphatic carbocycles. The Bertz CT molecular complexity index is 783. The zero-order valence-electron chi connectivity index (χ0n) is 15.3. The summed E-state index contributed by atoms with van der Waals surface area (Å²) < 4.78 is 38.2. The summed E-state index contributed by atoms with van der Waals surface area (Å²) >= 11 is 0.752. The number of amides is 1. The minimum absolute atomic E-state index is 0.0381. The highest BCUT2D eigenvalue weighted by molar-refractivity contribution is 7.16. The molecule has 3 rings (SSSR count). The largest absolute Gasteiger partial charge is 0.425 e. The molecule has 0 bridgehead atoms. The molecule has 27 heavy (non-hydrogen) atoms. The lowest BCUT2D eigenvalue weighted by Crippen LogP contribution is -2.37. The van der Waals surface area contributed by atoms with Crippen molar-refractivity contribution < 1.29 is 18.0 Å². The third kappa shape index (κ3) is 5.03. The molecule has 0 unspecified atom stereocenters. The van der Waals surface area contributed by atoms with Crippen LogP contribution in [0, 0.1) is 0 Å². The van der Waals surface area contributed by atoms with E-state index in [1.165, 1.54) is 11.6 Å². The molecule has 1 amide bonds. The number of carbonyl (C=O) groups excluding carboxylic acids is 1. The molecule has 2 aromatic rings. The highest BCUT2D eigenvalue weighted by atomic mass is 32.1. The predicted molar refractivity (Wildman–Crippen MR) is 102 cm³/mol. The average Bonchev–Trinajstić information content (AvgIpc) is 3.23. The van der Waals surface area contributed by atoms with Gasteiger partial charge in [-0.2, -0.15) is 13.2 Å². The fourth-order valence-corrected chi connectivity index (χ4v) is 4.12. The Hall–Kier alpha value is -2.02. The molecule has 1 aromatic heterocycles. The maximum absolute atomic E-state index is 12.7. The van der Waals surface area contributed by atoms with Gasteiger partial charge in [-0.05, 0) is 35.6 Å². The van der Waals surface area contributed by atoms with E-state index in [2.05, 4.69) is 19.2 Å². The second-order valence-electron chi connectivity index (χ2n) is 7.21. The first kappa shape index (κ1) is 19.7. The lowest BCUT2D eigenvalue weighted by Gasteiger charge is -2.17. The summed E-state index contributed by atoms with van der Waals surface area (Å²) in [7, 11) is 0. The van der Waals surface area contributed by atoms with Crippen molar-refractivity contribution in [2.24, 2.45) is 0 Å². The Balaban J connectivity index is 1.52. The first-order valence-corrected chi connectivity index (χ1v) is 9.84. The van der Waals surface area contributed by atoms with Crippen LogP contribution in [-0.2, 0) is 17.4 Å². The van der Waals surface area contributed by atoms with Crippen molar-refractivity contribution in [2.45, 2.75) is 44.8 Å². The molecular weight excluding hydrogens is 373 g/mol. The van der Waals surface area contributed by atoms with Gasteiger partial charge in [-0.1, -0.05) is 38.1 Å². The first-order valence-electron chi connectivity index (χ1n) is 9.02. The van der Waals surface area contributed by atoms with Gasteiger partial charge in [0.05, 0.1) is 11.4 Å². The van der Waals surface area contributed by atoms with Crippen LogP contribution in [0.2, 0.25) is 0 Å². The van der Waals surface area contributed by atoms with Gasteiger partial charge in [-0.3, -0.25) is 4.79 Å². The highest BCUT2D eigenvalue weighted by Crippen LogP contribution is 2.38. The molecule has 3 nitrogen and oxygen atoms in total. The molecule has 2 heterocycles. The number of hydrogen-bond donors (Lipinski definition) is 1. The molecule has 1 aromatic carbocycles. The molecule has 1 saturated heterocycles. The molecule has 1 atom stereocenters. The van der Waals surface area contributed by atoms with Crippen molar-refractivity contribution in [3.8, 4) is 0 Å². The Morgan fingerprint density at radius 1 is 1.22 bits per heavy atom. The van der Waals surface area contributed by atoms with E-state index in [0.29, 0.717) is 30.4 Å². The molecule has 1 fully saturated rings. The summed E-state index contributed by atoms with van der Waals surface area (Å²) in [6.07, 6.45) is -3.26. The fraction of sp³-hybridized carbons (Fsp3) is 0.450. The van der Waals surface area contributed by atoms with Gasteiger partial charge in [0, 0.05) is 19.1 Å². The molecule has 0 saturated carbocycles. The van der Waals surface area contributed by atoms with E-state index in [-0.39, 0.29) is 11.9 Å². The van der Waals surface area contributed by atoms with Crippen molar-refractivity contribution in [3.05, 3.63) is 52.4 Å². The minimum atomic E-state index is -4.30. The first-order chi connectivity index (χ1) is 12.7. The van der Waals surface area contributed by atoms with Crippen LogP contribution in [0.3, 0.4) is 0 Å². The monoisotopic (exact) mass is 396 g/mol. The van der Waals surface area contributed by atoms with Gasteiger partial charge in [0.2, 0.25) is 5.91 Å². The Labute approximate surface area is 161 Å². The number of nitrogens with one attached hydrogen (secondary N) is 1. The van der Waals surface area contributed by atoms with E-state index in [1.807, 2.05) is 29.2 Å². The summed E-state index contributed by atoms with van der Waals surface area (Å²) in [5, 5.41) is 3.60. The maximum Gasteiger partial charge on any atom is 0.425 e. The van der Waals surface area contributed by atoms with E-state index in [4.69, 9.17) is 0 Å². The van der Waals surface area contributed by atoms with Gasteiger partial charge in [-0.25, -0.2) is 0 Å². The van der Waals surface area contributed by atoms with Crippen molar-refractivity contribution in [3.63, 3.8) is 0 Å². The van der Waals surface area contributed by atoms with Crippen molar-refractivity contribution in [2.75, 3.05) is 18.0 Å². The second kappa shape index (κ2) is 7.92. The number of nitrogens with zero attached hydrogens (tertiary/aromatic N) is 1. The van der Waals surface area contributed by atoms with Crippen LogP contribution in [0.25, 0.3) is 0 Å². The highest BCUT2D eigenvalue weighted by Gasteiger charge is 2.34. The molecular formula is C20H23F3N2OS. The number of benzene rings is 1. The van der Waals surface area contributed by atoms with Gasteiger partial charge < -0.3 is 10.2 Å². The number of carbonyl (C=O) groups is 1. The maximum atomic E-state index is 12.7. The zero-order valence-corrected chi connectivity index (χ0v) is 16.2. The molecule has 1 aliphatic heterocycles. The van der Waals surface area contributed by atoms with Crippen LogP contribution in [0.4, 0.5) is 18.2 Å². The number of thiophene rings is 1. The lowest BCUT2D eigenvalue weighted by molar-refractivity contribution is -0.134. The van der Waals surface area contributed by atoms with E-state index in [1.54, 1.807) is 0 Å². The summed E-state index contributed by atoms with van der Waals surface area (Å²) in [6, 6.07) is 10.6. The van der Waals surface area contributed by atoms with Gasteiger partial charge in [0.1, 0.15) is 4.88 Å². The third-order valence-electron chi connectivity index (χ3n) is 4.75. The van der Waals surface area contributed by atoms with Crippen molar-refractivity contribution in [1.82, 2.24) is 5.32 Å². The molecule has 7 heteroatoms. The topological polar surface area (TPSA) is 32.3 Å². The number of hydrogen-bond acceptors (Lipinski definition) is 3. The van der Waals surface area contributed by atoms with E-state index in [9.17, 15) is 18.0 Å². The lowest BCUT2D eigenvalue weighted by atomic mass is 10.0. The molecule has 146 valence electrons. The second-order valence-corrected chi connectivity index (χ2v) is 8.27. The minimum Gasteiger partial charge on any atom is -0.361 e. The number of anilines is 1. The van der Waals surface area contributed by atoms with Crippen LogP contribution in [0.15, 0.2) is 36.4 Å². The zero-order chi connectivity index (χ0) is 19.6. The molecule has 1 N–H and O–H groups in total. The fourth-order valence-electron chi connectivity index (χ4n) is 3.21. The number of alkyl halides is 3. The van der Waals surface area contributed by atoms with Crippen LogP contribution in [-0.4, -0.2) is 25.0 Å². The van der Waals surface area contributed by atoms with Crippen LogP contribution in [0.1, 0.15) is 42.2 Å². The smallest absolute Gasteiger partial charge is 0.361 e. The summed E-state index contributed by atoms with van der Waals surface area (Å²) in [5.74, 6) is 0.397. The Morgan fingerprint density at radius 2 is 1.93 bits per heavy atom. The van der Waals surface area contributed by atoms with Gasteiger partial charge >= 0.3 is 6.18 Å². The van der Waals surface area contributed by atoms with Crippen LogP contribution < -0.4 is 10.2 Å². The standard InChI is InChI=1S/C20H23F3N2OS/c1-13(2)15-5-3-14(4-6-15)11-18(26)24-16-9-10-25(12-16)19-8-7-17(27-19)20(21,22)23/h3-8,13,16H,9-12H2,1-2H3,(H,24,26)/t16-/m1/s1. The summed E-state index contributed by atoms with van der Waals surface area (Å²) in [4.78, 5) is 13.6. The molecule has 0 spiro atoms. The number of halogens is 3. The van der Waals surface area contributed by atoms with Crippen LogP contribution in [0.5, 0.6) is 0 Å². The van der Waals surface area contributed by atoms with Gasteiger partial charge in [0.25, 0.3) is 0 Å². The SMILES string of the molecule is CC(C)c1ccc(CC(=O)N[C@@H]2CCN(c3ccc(C(F)(F)F)s3)C2)cc1. The quantitative estimate of drug-likeness (QED) is 0.785. The Morgan fingerprint density at radius 3 is 2.52 bits per heavy atom. The van der Waals surface area contributed by atoms with Crippen LogP contribution >= 0.6 is 11.3 Å². The third-order valence-corrected chi connectivity index (χ3v) is 5.94. The predicted octanol–water partition coefficient (Wildman–Crippen LogP) is 4.83. The average molecular weight is 396 g/mol. The normalized spacial score (nSPS) is 17.6. The van der Waals surface area contributed by atoms with E-state index in [0.717, 1.165) is 29.4 Å². The Kier molecular flexibility index (Phi) is 5.79. The summed E-state index contributed by atoms with van der Waals surface area (Å²) in [6.45, 7) is 5.43. The van der Waals surface area contributed by atoms with E-state index < -0.39 is 11.1 Å². The molecule has 0 radical (unpaired) electrons. The van der Waals surface area contributed by atoms with Crippen molar-refractivity contribution >= 4 is 22.2 Å². The van der Waals surface area contributed by atoms with Crippen molar-refractivity contribution in [1.29, 1.82) is 0 Å².